The SMILES string of the molecule is COc1ccccc1OCCc1cc([C@H]2CCN(C(=O)c3cccnc3)C2)n[nH]1. The first-order valence-corrected chi connectivity index (χ1v) is 9.74. The number of rotatable bonds is 7. The van der Waals surface area contributed by atoms with Crippen LogP contribution in [0.1, 0.15) is 34.1 Å². The molecule has 0 radical (unpaired) electrons. The number of carbonyl (C=O) groups excluding carboxylic acids is 1. The van der Waals surface area contributed by atoms with Crippen molar-refractivity contribution in [1.82, 2.24) is 20.1 Å². The molecule has 7 nitrogen and oxygen atoms in total. The second-order valence-corrected chi connectivity index (χ2v) is 7.05. The number of benzene rings is 1. The van der Waals surface area contributed by atoms with Gasteiger partial charge >= 0.3 is 0 Å². The molecule has 3 aromatic rings. The lowest BCUT2D eigenvalue weighted by molar-refractivity contribution is 0.0790. The first-order valence-electron chi connectivity index (χ1n) is 9.74. The van der Waals surface area contributed by atoms with E-state index in [9.17, 15) is 4.79 Å². The van der Waals surface area contributed by atoms with Crippen LogP contribution in [0.15, 0.2) is 54.9 Å². The van der Waals surface area contributed by atoms with E-state index in [1.807, 2.05) is 29.2 Å². The summed E-state index contributed by atoms with van der Waals surface area (Å²) in [4.78, 5) is 18.5. The molecule has 1 amide bonds. The Morgan fingerprint density at radius 3 is 2.90 bits per heavy atom. The number of para-hydroxylation sites is 2. The number of hydrogen-bond donors (Lipinski definition) is 1. The largest absolute Gasteiger partial charge is 0.493 e. The van der Waals surface area contributed by atoms with Gasteiger partial charge in [-0.15, -0.1) is 0 Å². The summed E-state index contributed by atoms with van der Waals surface area (Å²) in [6.07, 6.45) is 4.92. The number of methoxy groups -OCH3 is 1. The van der Waals surface area contributed by atoms with E-state index in [4.69, 9.17) is 9.47 Å². The molecule has 0 saturated carbocycles. The van der Waals surface area contributed by atoms with Crippen LogP contribution >= 0.6 is 0 Å². The lowest BCUT2D eigenvalue weighted by Crippen LogP contribution is -2.28. The summed E-state index contributed by atoms with van der Waals surface area (Å²) in [5, 5.41) is 7.57. The molecule has 2 aromatic heterocycles. The smallest absolute Gasteiger partial charge is 0.255 e. The van der Waals surface area contributed by atoms with Crippen LogP contribution in [0.4, 0.5) is 0 Å². The molecule has 1 saturated heterocycles. The Balaban J connectivity index is 1.31. The number of aromatic amines is 1. The van der Waals surface area contributed by atoms with Gasteiger partial charge in [-0.1, -0.05) is 12.1 Å². The summed E-state index contributed by atoms with van der Waals surface area (Å²) in [5.74, 6) is 1.73. The Bertz CT molecular complexity index is 957. The van der Waals surface area contributed by atoms with E-state index in [1.54, 1.807) is 31.6 Å². The van der Waals surface area contributed by atoms with Gasteiger partial charge in [-0.05, 0) is 36.8 Å². The Morgan fingerprint density at radius 2 is 2.10 bits per heavy atom. The molecule has 1 fully saturated rings. The van der Waals surface area contributed by atoms with Gasteiger partial charge < -0.3 is 14.4 Å². The lowest BCUT2D eigenvalue weighted by atomic mass is 10.0. The number of likely N-dealkylation sites (tertiary alicyclic amines) is 1. The van der Waals surface area contributed by atoms with Crippen molar-refractivity contribution in [2.45, 2.75) is 18.8 Å². The van der Waals surface area contributed by atoms with Gasteiger partial charge in [0.1, 0.15) is 0 Å². The van der Waals surface area contributed by atoms with Crippen LogP contribution in [0.25, 0.3) is 0 Å². The second kappa shape index (κ2) is 8.77. The highest BCUT2D eigenvalue weighted by molar-refractivity contribution is 5.94. The van der Waals surface area contributed by atoms with Crippen LogP contribution in [0, 0.1) is 0 Å². The monoisotopic (exact) mass is 392 g/mol. The molecule has 150 valence electrons. The summed E-state index contributed by atoms with van der Waals surface area (Å²) in [5.41, 5.74) is 2.65. The second-order valence-electron chi connectivity index (χ2n) is 7.05. The van der Waals surface area contributed by atoms with E-state index in [2.05, 4.69) is 21.2 Å². The molecular formula is C22H24N4O3. The van der Waals surface area contributed by atoms with Gasteiger partial charge in [0.2, 0.25) is 0 Å². The first kappa shape index (κ1) is 19.0. The van der Waals surface area contributed by atoms with Crippen molar-refractivity contribution in [3.63, 3.8) is 0 Å². The van der Waals surface area contributed by atoms with E-state index < -0.39 is 0 Å². The normalized spacial score (nSPS) is 16.0. The molecule has 1 aromatic carbocycles. The minimum absolute atomic E-state index is 0.0292. The molecular weight excluding hydrogens is 368 g/mol. The number of ether oxygens (including phenoxy) is 2. The zero-order valence-electron chi connectivity index (χ0n) is 16.4. The fraction of sp³-hybridized carbons (Fsp3) is 0.318. The third kappa shape index (κ3) is 4.39. The van der Waals surface area contributed by atoms with Gasteiger partial charge in [0.05, 0.1) is 25.0 Å². The highest BCUT2D eigenvalue weighted by Gasteiger charge is 2.29. The van der Waals surface area contributed by atoms with Crippen molar-refractivity contribution in [1.29, 1.82) is 0 Å². The predicted molar refractivity (Wildman–Crippen MR) is 108 cm³/mol. The third-order valence-electron chi connectivity index (χ3n) is 5.15. The first-order chi connectivity index (χ1) is 14.2. The number of nitrogens with zero attached hydrogens (tertiary/aromatic N) is 3. The summed E-state index contributed by atoms with van der Waals surface area (Å²) >= 11 is 0. The van der Waals surface area contributed by atoms with E-state index in [-0.39, 0.29) is 11.8 Å². The van der Waals surface area contributed by atoms with Crippen molar-refractivity contribution in [2.75, 3.05) is 26.8 Å². The molecule has 1 N–H and O–H groups in total. The maximum atomic E-state index is 12.6. The van der Waals surface area contributed by atoms with Gasteiger partial charge in [0.25, 0.3) is 5.91 Å². The fourth-order valence-corrected chi connectivity index (χ4v) is 3.58. The highest BCUT2D eigenvalue weighted by Crippen LogP contribution is 2.28. The number of amides is 1. The van der Waals surface area contributed by atoms with Crippen LogP contribution in [-0.4, -0.2) is 52.8 Å². The number of pyridine rings is 1. The molecule has 1 aliphatic rings. The fourth-order valence-electron chi connectivity index (χ4n) is 3.58. The zero-order valence-corrected chi connectivity index (χ0v) is 16.4. The minimum atomic E-state index is 0.0292. The van der Waals surface area contributed by atoms with Gasteiger partial charge in [0.15, 0.2) is 11.5 Å². The van der Waals surface area contributed by atoms with Gasteiger partial charge in [0, 0.05) is 43.5 Å². The topological polar surface area (TPSA) is 80.3 Å². The maximum absolute atomic E-state index is 12.6. The van der Waals surface area contributed by atoms with E-state index in [0.29, 0.717) is 18.7 Å². The molecule has 3 heterocycles. The average Bonchev–Trinajstić information content (AvgIpc) is 3.44. The number of aromatic nitrogens is 3. The van der Waals surface area contributed by atoms with E-state index in [1.165, 1.54) is 0 Å². The van der Waals surface area contributed by atoms with Crippen LogP contribution in [0.5, 0.6) is 11.5 Å². The molecule has 1 atom stereocenters. The van der Waals surface area contributed by atoms with E-state index >= 15 is 0 Å². The lowest BCUT2D eigenvalue weighted by Gasteiger charge is -2.15. The Kier molecular flexibility index (Phi) is 5.74. The maximum Gasteiger partial charge on any atom is 0.255 e. The molecule has 29 heavy (non-hydrogen) atoms. The molecule has 0 unspecified atom stereocenters. The third-order valence-corrected chi connectivity index (χ3v) is 5.15. The van der Waals surface area contributed by atoms with Crippen LogP contribution in [0.3, 0.4) is 0 Å². The minimum Gasteiger partial charge on any atom is -0.493 e. The van der Waals surface area contributed by atoms with Crippen molar-refractivity contribution in [3.05, 3.63) is 71.8 Å². The molecule has 0 aliphatic carbocycles. The van der Waals surface area contributed by atoms with Gasteiger partial charge in [-0.2, -0.15) is 5.10 Å². The molecule has 4 rings (SSSR count). The number of carbonyl (C=O) groups is 1. The van der Waals surface area contributed by atoms with Crippen LogP contribution < -0.4 is 9.47 Å². The Morgan fingerprint density at radius 1 is 1.24 bits per heavy atom. The number of hydrogen-bond acceptors (Lipinski definition) is 5. The van der Waals surface area contributed by atoms with E-state index in [0.717, 1.165) is 42.3 Å². The quantitative estimate of drug-likeness (QED) is 0.668. The molecule has 0 spiro atoms. The van der Waals surface area contributed by atoms with Crippen molar-refractivity contribution in [3.8, 4) is 11.5 Å². The molecule has 0 bridgehead atoms. The predicted octanol–water partition coefficient (Wildman–Crippen LogP) is 3.06. The molecule has 1 aliphatic heterocycles. The molecule has 7 heteroatoms. The number of H-pyrrole nitrogens is 1. The Hall–Kier alpha value is -3.35. The summed E-state index contributed by atoms with van der Waals surface area (Å²) in [6, 6.07) is 13.3. The van der Waals surface area contributed by atoms with Gasteiger partial charge in [-0.25, -0.2) is 0 Å². The Labute approximate surface area is 169 Å². The van der Waals surface area contributed by atoms with Gasteiger partial charge in [-0.3, -0.25) is 14.9 Å². The summed E-state index contributed by atoms with van der Waals surface area (Å²) < 4.78 is 11.1. The van der Waals surface area contributed by atoms with Crippen molar-refractivity contribution < 1.29 is 14.3 Å². The standard InChI is InChI=1S/C22H24N4O3/c1-28-20-6-2-3-7-21(20)29-12-9-18-13-19(25-24-18)17-8-11-26(15-17)22(27)16-5-4-10-23-14-16/h2-7,10,13-14,17H,8-9,11-12,15H2,1H3,(H,24,25)/t17-/m0/s1. The zero-order chi connectivity index (χ0) is 20.1. The summed E-state index contributed by atoms with van der Waals surface area (Å²) in [6.45, 7) is 1.94. The van der Waals surface area contributed by atoms with Crippen molar-refractivity contribution in [2.24, 2.45) is 0 Å². The highest BCUT2D eigenvalue weighted by atomic mass is 16.5. The van der Waals surface area contributed by atoms with Crippen LogP contribution in [-0.2, 0) is 6.42 Å². The average molecular weight is 392 g/mol. The van der Waals surface area contributed by atoms with Crippen LogP contribution in [0.2, 0.25) is 0 Å². The summed E-state index contributed by atoms with van der Waals surface area (Å²) in [7, 11) is 1.63. The number of nitrogens with one attached hydrogen (secondary N) is 1. The van der Waals surface area contributed by atoms with Crippen molar-refractivity contribution >= 4 is 5.91 Å².